The van der Waals surface area contributed by atoms with Gasteiger partial charge in [-0.15, -0.1) is 0 Å². The number of nitrogens with zero attached hydrogens (tertiary/aromatic N) is 1. The van der Waals surface area contributed by atoms with Gasteiger partial charge >= 0.3 is 0 Å². The number of carbonyl (C=O) groups excluding carboxylic acids is 1. The third-order valence-electron chi connectivity index (χ3n) is 3.58. The zero-order valence-corrected chi connectivity index (χ0v) is 16.0. The molecule has 0 radical (unpaired) electrons. The van der Waals surface area contributed by atoms with Crippen molar-refractivity contribution in [2.75, 3.05) is 14.2 Å². The lowest BCUT2D eigenvalue weighted by molar-refractivity contribution is 0.101. The molecule has 0 N–H and O–H groups in total. The molecule has 128 valence electrons. The van der Waals surface area contributed by atoms with Gasteiger partial charge in [0.15, 0.2) is 5.78 Å². The van der Waals surface area contributed by atoms with Crippen LogP contribution in [-0.4, -0.2) is 32.7 Å². The van der Waals surface area contributed by atoms with Crippen molar-refractivity contribution >= 4 is 31.7 Å². The monoisotopic (exact) mass is 411 g/mol. The summed E-state index contributed by atoms with van der Waals surface area (Å²) < 4.78 is 32.9. The molecule has 0 aliphatic rings. The largest absolute Gasteiger partial charge is 0.496 e. The van der Waals surface area contributed by atoms with E-state index >= 15 is 0 Å². The van der Waals surface area contributed by atoms with E-state index in [1.165, 1.54) is 37.5 Å². The summed E-state index contributed by atoms with van der Waals surface area (Å²) in [6, 6.07) is 11.5. The number of ether oxygens (including phenoxy) is 1. The van der Waals surface area contributed by atoms with Gasteiger partial charge in [0.05, 0.1) is 12.0 Å². The Bertz CT molecular complexity index is 865. The highest BCUT2D eigenvalue weighted by Crippen LogP contribution is 2.26. The van der Waals surface area contributed by atoms with Gasteiger partial charge in [-0.05, 0) is 37.3 Å². The molecule has 2 aromatic carbocycles. The fourth-order valence-electron chi connectivity index (χ4n) is 2.25. The fourth-order valence-corrected chi connectivity index (χ4v) is 3.85. The van der Waals surface area contributed by atoms with Crippen molar-refractivity contribution in [3.8, 4) is 5.75 Å². The van der Waals surface area contributed by atoms with Gasteiger partial charge in [0.1, 0.15) is 5.75 Å². The van der Waals surface area contributed by atoms with Crippen LogP contribution in [0, 0.1) is 0 Å². The topological polar surface area (TPSA) is 63.7 Å². The van der Waals surface area contributed by atoms with Crippen LogP contribution in [-0.2, 0) is 16.6 Å². The summed E-state index contributed by atoms with van der Waals surface area (Å²) in [5, 5.41) is 0. The van der Waals surface area contributed by atoms with Gasteiger partial charge in [0.25, 0.3) is 0 Å². The number of halogens is 1. The second-order valence-electron chi connectivity index (χ2n) is 5.30. The lowest BCUT2D eigenvalue weighted by atomic mass is 10.2. The highest BCUT2D eigenvalue weighted by Gasteiger charge is 2.22. The van der Waals surface area contributed by atoms with Gasteiger partial charge in [0.2, 0.25) is 10.0 Å². The molecule has 0 aliphatic carbocycles. The first-order valence-electron chi connectivity index (χ1n) is 7.15. The normalized spacial score (nSPS) is 11.5. The highest BCUT2D eigenvalue weighted by molar-refractivity contribution is 9.10. The van der Waals surface area contributed by atoms with Crippen LogP contribution in [0.5, 0.6) is 5.75 Å². The van der Waals surface area contributed by atoms with E-state index in [9.17, 15) is 13.2 Å². The summed E-state index contributed by atoms with van der Waals surface area (Å²) in [6.07, 6.45) is 0. The molecule has 0 heterocycles. The van der Waals surface area contributed by atoms with Crippen LogP contribution in [0.2, 0.25) is 0 Å². The fraction of sp³-hybridized carbons (Fsp3) is 0.235. The molecule has 2 rings (SSSR count). The van der Waals surface area contributed by atoms with E-state index in [4.69, 9.17) is 4.74 Å². The Kier molecular flexibility index (Phi) is 5.79. The average molecular weight is 412 g/mol. The Balaban J connectivity index is 2.35. The van der Waals surface area contributed by atoms with E-state index in [0.29, 0.717) is 11.3 Å². The van der Waals surface area contributed by atoms with Crippen molar-refractivity contribution in [2.24, 2.45) is 0 Å². The molecule has 0 spiro atoms. The van der Waals surface area contributed by atoms with E-state index in [-0.39, 0.29) is 17.2 Å². The zero-order valence-electron chi connectivity index (χ0n) is 13.6. The smallest absolute Gasteiger partial charge is 0.243 e. The number of Topliss-reactive ketones (excluding diaryl/α,β-unsaturated/α-hetero) is 1. The van der Waals surface area contributed by atoms with E-state index < -0.39 is 10.0 Å². The SMILES string of the molecule is COc1ccc(Br)cc1CN(C)S(=O)(=O)c1cccc(C(C)=O)c1. The summed E-state index contributed by atoms with van der Waals surface area (Å²) in [5.74, 6) is 0.432. The minimum atomic E-state index is -3.72. The minimum Gasteiger partial charge on any atom is -0.496 e. The quantitative estimate of drug-likeness (QED) is 0.682. The maximum atomic E-state index is 12.8. The van der Waals surface area contributed by atoms with Crippen LogP contribution in [0.3, 0.4) is 0 Å². The number of carbonyl (C=O) groups is 1. The molecule has 0 atom stereocenters. The maximum Gasteiger partial charge on any atom is 0.243 e. The Morgan fingerprint density at radius 2 is 1.92 bits per heavy atom. The molecule has 0 amide bonds. The van der Waals surface area contributed by atoms with Crippen LogP contribution >= 0.6 is 15.9 Å². The van der Waals surface area contributed by atoms with Crippen molar-refractivity contribution in [2.45, 2.75) is 18.4 Å². The molecular formula is C17H18BrNO4S. The first kappa shape index (κ1) is 18.6. The van der Waals surface area contributed by atoms with E-state index in [2.05, 4.69) is 15.9 Å². The van der Waals surface area contributed by atoms with Gasteiger partial charge in [-0.1, -0.05) is 28.1 Å². The number of ketones is 1. The van der Waals surface area contributed by atoms with Crippen LogP contribution in [0.25, 0.3) is 0 Å². The van der Waals surface area contributed by atoms with Gasteiger partial charge in [-0.3, -0.25) is 4.79 Å². The number of benzene rings is 2. The number of sulfonamides is 1. The highest BCUT2D eigenvalue weighted by atomic mass is 79.9. The maximum absolute atomic E-state index is 12.8. The summed E-state index contributed by atoms with van der Waals surface area (Å²) in [5.41, 5.74) is 1.10. The van der Waals surface area contributed by atoms with Crippen LogP contribution in [0.15, 0.2) is 51.8 Å². The molecule has 0 aromatic heterocycles. The van der Waals surface area contributed by atoms with Crippen LogP contribution < -0.4 is 4.74 Å². The van der Waals surface area contributed by atoms with Gasteiger partial charge in [0, 0.05) is 29.2 Å². The molecule has 0 aliphatic heterocycles. The average Bonchev–Trinajstić information content (AvgIpc) is 2.55. The first-order valence-corrected chi connectivity index (χ1v) is 9.38. The second-order valence-corrected chi connectivity index (χ2v) is 8.26. The summed E-state index contributed by atoms with van der Waals surface area (Å²) in [6.45, 7) is 1.55. The first-order chi connectivity index (χ1) is 11.3. The van der Waals surface area contributed by atoms with E-state index in [0.717, 1.165) is 10.0 Å². The molecule has 7 heteroatoms. The molecule has 24 heavy (non-hydrogen) atoms. The molecule has 0 saturated carbocycles. The molecule has 0 fully saturated rings. The Labute approximate surface area is 150 Å². The zero-order chi connectivity index (χ0) is 17.9. The predicted molar refractivity (Wildman–Crippen MR) is 95.8 cm³/mol. The van der Waals surface area contributed by atoms with Crippen LogP contribution in [0.4, 0.5) is 0 Å². The molecular weight excluding hydrogens is 394 g/mol. The number of hydrogen-bond acceptors (Lipinski definition) is 4. The van der Waals surface area contributed by atoms with Crippen molar-refractivity contribution < 1.29 is 17.9 Å². The molecule has 2 aromatic rings. The standard InChI is InChI=1S/C17H18BrNO4S/c1-12(20)13-5-4-6-16(10-13)24(21,22)19(2)11-14-9-15(18)7-8-17(14)23-3/h4-10H,11H2,1-3H3. The van der Waals surface area contributed by atoms with Crippen molar-refractivity contribution in [1.29, 1.82) is 0 Å². The Morgan fingerprint density at radius 1 is 1.21 bits per heavy atom. The van der Waals surface area contributed by atoms with E-state index in [1.807, 2.05) is 12.1 Å². The lowest BCUT2D eigenvalue weighted by Gasteiger charge is -2.19. The third kappa shape index (κ3) is 4.03. The number of rotatable bonds is 6. The molecule has 0 bridgehead atoms. The number of methoxy groups -OCH3 is 1. The Hall–Kier alpha value is -1.70. The minimum absolute atomic E-state index is 0.0895. The molecule has 0 saturated heterocycles. The predicted octanol–water partition coefficient (Wildman–Crippen LogP) is 3.48. The lowest BCUT2D eigenvalue weighted by Crippen LogP contribution is -2.27. The second kappa shape index (κ2) is 7.46. The van der Waals surface area contributed by atoms with Gasteiger partial charge in [-0.25, -0.2) is 8.42 Å². The summed E-state index contributed by atoms with van der Waals surface area (Å²) in [7, 11) is -0.685. The third-order valence-corrected chi connectivity index (χ3v) is 5.88. The summed E-state index contributed by atoms with van der Waals surface area (Å²) in [4.78, 5) is 11.6. The van der Waals surface area contributed by atoms with E-state index in [1.54, 1.807) is 18.2 Å². The van der Waals surface area contributed by atoms with Crippen molar-refractivity contribution in [1.82, 2.24) is 4.31 Å². The van der Waals surface area contributed by atoms with Gasteiger partial charge < -0.3 is 4.74 Å². The van der Waals surface area contributed by atoms with Crippen molar-refractivity contribution in [3.05, 3.63) is 58.1 Å². The summed E-state index contributed by atoms with van der Waals surface area (Å²) >= 11 is 3.38. The Morgan fingerprint density at radius 3 is 2.54 bits per heavy atom. The van der Waals surface area contributed by atoms with Crippen LogP contribution in [0.1, 0.15) is 22.8 Å². The number of hydrogen-bond donors (Lipinski definition) is 0. The molecule has 0 unspecified atom stereocenters. The molecule has 5 nitrogen and oxygen atoms in total. The van der Waals surface area contributed by atoms with Gasteiger partial charge in [-0.2, -0.15) is 4.31 Å². The van der Waals surface area contributed by atoms with Crippen molar-refractivity contribution in [3.63, 3.8) is 0 Å².